The van der Waals surface area contributed by atoms with Gasteiger partial charge in [0, 0.05) is 36.2 Å². The number of hydrogen-bond acceptors (Lipinski definition) is 4. The van der Waals surface area contributed by atoms with Gasteiger partial charge in [-0.05, 0) is 45.2 Å². The Balaban J connectivity index is 2.57. The van der Waals surface area contributed by atoms with Gasteiger partial charge in [-0.2, -0.15) is 0 Å². The third kappa shape index (κ3) is 6.31. The predicted octanol–water partition coefficient (Wildman–Crippen LogP) is 2.13. The lowest BCUT2D eigenvalue weighted by atomic mass is 10.1. The molecule has 2 N–H and O–H groups in total. The molecule has 0 spiro atoms. The number of carboxylic acids is 1. The van der Waals surface area contributed by atoms with E-state index in [-0.39, 0.29) is 24.9 Å². The van der Waals surface area contributed by atoms with E-state index in [0.717, 1.165) is 6.42 Å². The van der Waals surface area contributed by atoms with Gasteiger partial charge in [0.15, 0.2) is 0 Å². The molecule has 1 rings (SSSR count). The maximum Gasteiger partial charge on any atom is 0.326 e. The van der Waals surface area contributed by atoms with Crippen molar-refractivity contribution in [3.05, 3.63) is 21.4 Å². The number of amides is 2. The maximum atomic E-state index is 12.4. The van der Waals surface area contributed by atoms with E-state index in [9.17, 15) is 19.5 Å². The number of rotatable bonds is 9. The SMILES string of the molecule is CC(=O)NCCN(C(=O)CCCc1cc(C)sc1C)C(C)C(=O)O. The first-order valence-corrected chi connectivity index (χ1v) is 8.86. The molecule has 0 saturated carbocycles. The Kier molecular flexibility index (Phi) is 7.91. The van der Waals surface area contributed by atoms with Gasteiger partial charge in [0.1, 0.15) is 6.04 Å². The van der Waals surface area contributed by atoms with Crippen LogP contribution in [-0.2, 0) is 20.8 Å². The third-order valence-electron chi connectivity index (χ3n) is 3.85. The fourth-order valence-corrected chi connectivity index (χ4v) is 3.50. The second-order valence-corrected chi connectivity index (χ2v) is 7.34. The molecule has 1 unspecified atom stereocenters. The summed E-state index contributed by atoms with van der Waals surface area (Å²) in [6, 6.07) is 1.23. The molecular formula is C17H26N2O4S. The Morgan fingerprint density at radius 1 is 1.33 bits per heavy atom. The van der Waals surface area contributed by atoms with Crippen LogP contribution in [0.15, 0.2) is 6.07 Å². The van der Waals surface area contributed by atoms with Crippen LogP contribution in [0, 0.1) is 13.8 Å². The van der Waals surface area contributed by atoms with Crippen LogP contribution in [0.3, 0.4) is 0 Å². The lowest BCUT2D eigenvalue weighted by molar-refractivity contribution is -0.149. The molecule has 0 fully saturated rings. The van der Waals surface area contributed by atoms with Crippen LogP contribution < -0.4 is 5.32 Å². The first-order valence-electron chi connectivity index (χ1n) is 8.05. The van der Waals surface area contributed by atoms with Crippen LogP contribution in [-0.4, -0.2) is 46.9 Å². The van der Waals surface area contributed by atoms with Crippen LogP contribution >= 0.6 is 11.3 Å². The monoisotopic (exact) mass is 354 g/mol. The lowest BCUT2D eigenvalue weighted by Gasteiger charge is -2.26. The fourth-order valence-electron chi connectivity index (χ4n) is 2.53. The van der Waals surface area contributed by atoms with E-state index in [1.165, 1.54) is 34.1 Å². The predicted molar refractivity (Wildman–Crippen MR) is 94.2 cm³/mol. The Morgan fingerprint density at radius 2 is 2.00 bits per heavy atom. The molecule has 0 bridgehead atoms. The van der Waals surface area contributed by atoms with Crippen molar-refractivity contribution in [1.82, 2.24) is 10.2 Å². The Hall–Kier alpha value is -1.89. The number of thiophene rings is 1. The van der Waals surface area contributed by atoms with Crippen molar-refractivity contribution in [2.24, 2.45) is 0 Å². The molecule has 134 valence electrons. The van der Waals surface area contributed by atoms with Crippen molar-refractivity contribution in [3.8, 4) is 0 Å². The second kappa shape index (κ2) is 9.42. The minimum atomic E-state index is -1.05. The van der Waals surface area contributed by atoms with Gasteiger partial charge >= 0.3 is 5.97 Å². The van der Waals surface area contributed by atoms with E-state index in [1.54, 1.807) is 11.3 Å². The van der Waals surface area contributed by atoms with Crippen molar-refractivity contribution in [3.63, 3.8) is 0 Å². The van der Waals surface area contributed by atoms with E-state index in [1.807, 2.05) is 0 Å². The Labute approximate surface area is 146 Å². The molecule has 1 atom stereocenters. The van der Waals surface area contributed by atoms with Gasteiger partial charge in [0.2, 0.25) is 11.8 Å². The van der Waals surface area contributed by atoms with E-state index in [4.69, 9.17) is 0 Å². The summed E-state index contributed by atoms with van der Waals surface area (Å²) < 4.78 is 0. The summed E-state index contributed by atoms with van der Waals surface area (Å²) in [6.45, 7) is 7.45. The summed E-state index contributed by atoms with van der Waals surface area (Å²) in [4.78, 5) is 38.4. The summed E-state index contributed by atoms with van der Waals surface area (Å²) in [5, 5.41) is 11.8. The van der Waals surface area contributed by atoms with Crippen LogP contribution in [0.1, 0.15) is 42.0 Å². The molecule has 0 saturated heterocycles. The molecule has 24 heavy (non-hydrogen) atoms. The number of aryl methyl sites for hydroxylation is 3. The smallest absolute Gasteiger partial charge is 0.326 e. The number of aliphatic carboxylic acids is 1. The second-order valence-electron chi connectivity index (χ2n) is 5.88. The molecular weight excluding hydrogens is 328 g/mol. The third-order valence-corrected chi connectivity index (χ3v) is 4.86. The van der Waals surface area contributed by atoms with E-state index >= 15 is 0 Å². The average molecular weight is 354 g/mol. The standard InChI is InChI=1S/C17H26N2O4S/c1-11-10-15(13(3)24-11)6-5-7-16(21)19(12(2)17(22)23)9-8-18-14(4)20/h10,12H,5-9H2,1-4H3,(H,18,20)(H,22,23). The summed E-state index contributed by atoms with van der Waals surface area (Å²) in [5.41, 5.74) is 1.25. The van der Waals surface area contributed by atoms with E-state index in [0.29, 0.717) is 12.8 Å². The van der Waals surface area contributed by atoms with Gasteiger partial charge in [-0.25, -0.2) is 4.79 Å². The molecule has 0 aliphatic heterocycles. The highest BCUT2D eigenvalue weighted by atomic mass is 32.1. The normalized spacial score (nSPS) is 11.8. The molecule has 0 aliphatic rings. The molecule has 0 aliphatic carbocycles. The van der Waals surface area contributed by atoms with Crippen LogP contribution in [0.5, 0.6) is 0 Å². The Bertz CT molecular complexity index is 597. The molecule has 1 heterocycles. The average Bonchev–Trinajstić information content (AvgIpc) is 2.80. The number of carboxylic acid groups (broad SMARTS) is 1. The van der Waals surface area contributed by atoms with Crippen molar-refractivity contribution in [2.75, 3.05) is 13.1 Å². The lowest BCUT2D eigenvalue weighted by Crippen LogP contribution is -2.46. The maximum absolute atomic E-state index is 12.4. The van der Waals surface area contributed by atoms with Crippen molar-refractivity contribution in [2.45, 2.75) is 53.0 Å². The van der Waals surface area contributed by atoms with Gasteiger partial charge in [-0.3, -0.25) is 9.59 Å². The minimum absolute atomic E-state index is 0.195. The molecule has 6 nitrogen and oxygen atoms in total. The largest absolute Gasteiger partial charge is 0.480 e. The first-order chi connectivity index (χ1) is 11.2. The van der Waals surface area contributed by atoms with Gasteiger partial charge in [0.25, 0.3) is 0 Å². The highest BCUT2D eigenvalue weighted by Crippen LogP contribution is 2.22. The quantitative estimate of drug-likeness (QED) is 0.711. The van der Waals surface area contributed by atoms with Gasteiger partial charge < -0.3 is 15.3 Å². The van der Waals surface area contributed by atoms with Crippen molar-refractivity contribution < 1.29 is 19.5 Å². The first kappa shape index (κ1) is 20.2. The zero-order valence-corrected chi connectivity index (χ0v) is 15.5. The molecule has 1 aromatic heterocycles. The molecule has 1 aromatic rings. The topological polar surface area (TPSA) is 86.7 Å². The van der Waals surface area contributed by atoms with Crippen LogP contribution in [0.4, 0.5) is 0 Å². The number of nitrogens with one attached hydrogen (secondary N) is 1. The van der Waals surface area contributed by atoms with Crippen molar-refractivity contribution in [1.29, 1.82) is 0 Å². The summed E-state index contributed by atoms with van der Waals surface area (Å²) in [7, 11) is 0. The highest BCUT2D eigenvalue weighted by Gasteiger charge is 2.24. The Morgan fingerprint density at radius 3 is 2.50 bits per heavy atom. The van der Waals surface area contributed by atoms with Gasteiger partial charge in [0.05, 0.1) is 0 Å². The zero-order valence-electron chi connectivity index (χ0n) is 14.7. The highest BCUT2D eigenvalue weighted by molar-refractivity contribution is 7.12. The minimum Gasteiger partial charge on any atom is -0.480 e. The fraction of sp³-hybridized carbons (Fsp3) is 0.588. The summed E-state index contributed by atoms with van der Waals surface area (Å²) in [5.74, 6) is -1.44. The van der Waals surface area contributed by atoms with Gasteiger partial charge in [-0.15, -0.1) is 11.3 Å². The zero-order chi connectivity index (χ0) is 18.3. The molecule has 0 aromatic carbocycles. The molecule has 2 amide bonds. The number of carbonyl (C=O) groups is 3. The number of carbonyl (C=O) groups excluding carboxylic acids is 2. The van der Waals surface area contributed by atoms with Crippen LogP contribution in [0.25, 0.3) is 0 Å². The summed E-state index contributed by atoms with van der Waals surface area (Å²) >= 11 is 1.74. The van der Waals surface area contributed by atoms with Crippen molar-refractivity contribution >= 4 is 29.1 Å². The molecule has 0 radical (unpaired) electrons. The van der Waals surface area contributed by atoms with Crippen LogP contribution in [0.2, 0.25) is 0 Å². The van der Waals surface area contributed by atoms with E-state index in [2.05, 4.69) is 25.2 Å². The summed E-state index contributed by atoms with van der Waals surface area (Å²) in [6.07, 6.45) is 1.79. The van der Waals surface area contributed by atoms with Gasteiger partial charge in [-0.1, -0.05) is 0 Å². The number of hydrogen-bond donors (Lipinski definition) is 2. The van der Waals surface area contributed by atoms with E-state index < -0.39 is 12.0 Å². The number of nitrogens with zero attached hydrogens (tertiary/aromatic N) is 1. The molecule has 7 heteroatoms.